The Morgan fingerprint density at radius 1 is 1.50 bits per heavy atom. The number of halogens is 2. The van der Waals surface area contributed by atoms with Gasteiger partial charge in [-0.25, -0.2) is 0 Å². The molecular weight excluding hydrogens is 243 g/mol. The maximum absolute atomic E-state index is 12.5. The molecule has 0 aliphatic carbocycles. The lowest BCUT2D eigenvalue weighted by atomic mass is 9.94. The van der Waals surface area contributed by atoms with Crippen molar-refractivity contribution in [3.8, 4) is 0 Å². The number of hydrogen-bond donors (Lipinski definition) is 0. The Labute approximate surface area is 93.7 Å². The minimum absolute atomic E-state index is 0.242. The van der Waals surface area contributed by atoms with Gasteiger partial charge in [0.25, 0.3) is 0 Å². The molecule has 14 heavy (non-hydrogen) atoms. The summed E-state index contributed by atoms with van der Waals surface area (Å²) in [7, 11) is 0. The van der Waals surface area contributed by atoms with Gasteiger partial charge in [-0.1, -0.05) is 35.3 Å². The van der Waals surface area contributed by atoms with Gasteiger partial charge in [-0.2, -0.15) is 0 Å². The van der Waals surface area contributed by atoms with E-state index in [1.807, 2.05) is 12.1 Å². The first-order valence-electron chi connectivity index (χ1n) is 4.86. The number of benzene rings is 1. The van der Waals surface area contributed by atoms with E-state index in [4.69, 9.17) is 0 Å². The summed E-state index contributed by atoms with van der Waals surface area (Å²) in [6.45, 7) is 5.54. The largest absolute Gasteiger partial charge is 0.250 e. The van der Waals surface area contributed by atoms with Gasteiger partial charge in [0.05, 0.1) is 6.67 Å². The lowest BCUT2D eigenvalue weighted by molar-refractivity contribution is 0.464. The molecule has 0 saturated heterocycles. The summed E-state index contributed by atoms with van der Waals surface area (Å²) in [5.74, 6) is -0.242. The molecule has 0 N–H and O–H groups in total. The molecule has 0 aromatic heterocycles. The SMILES string of the molecule is [CH2]C(CF)c1cc(Br)ccc1CCC. The van der Waals surface area contributed by atoms with Gasteiger partial charge in [0.2, 0.25) is 0 Å². The quantitative estimate of drug-likeness (QED) is 0.755. The third-order valence-electron chi connectivity index (χ3n) is 2.25. The van der Waals surface area contributed by atoms with Crippen LogP contribution in [0.25, 0.3) is 0 Å². The monoisotopic (exact) mass is 257 g/mol. The molecule has 1 atom stereocenters. The van der Waals surface area contributed by atoms with Crippen molar-refractivity contribution in [1.82, 2.24) is 0 Å². The number of aryl methyl sites for hydroxylation is 1. The minimum Gasteiger partial charge on any atom is -0.250 e. The lowest BCUT2D eigenvalue weighted by Crippen LogP contribution is -2.01. The normalized spacial score (nSPS) is 12.9. The van der Waals surface area contributed by atoms with Crippen molar-refractivity contribution in [3.05, 3.63) is 40.7 Å². The highest BCUT2D eigenvalue weighted by Crippen LogP contribution is 2.25. The molecule has 2 heteroatoms. The second kappa shape index (κ2) is 5.50. The Kier molecular flexibility index (Phi) is 4.59. The Morgan fingerprint density at radius 2 is 2.21 bits per heavy atom. The van der Waals surface area contributed by atoms with Crippen LogP contribution in [0.2, 0.25) is 0 Å². The van der Waals surface area contributed by atoms with Crippen LogP contribution in [0.4, 0.5) is 4.39 Å². The van der Waals surface area contributed by atoms with Crippen LogP contribution in [-0.4, -0.2) is 6.67 Å². The van der Waals surface area contributed by atoms with E-state index in [1.54, 1.807) is 0 Å². The summed E-state index contributed by atoms with van der Waals surface area (Å²) < 4.78 is 13.5. The van der Waals surface area contributed by atoms with Crippen LogP contribution < -0.4 is 0 Å². The zero-order valence-corrected chi connectivity index (χ0v) is 9.98. The molecular formula is C12H15BrF. The van der Waals surface area contributed by atoms with Crippen molar-refractivity contribution in [2.24, 2.45) is 0 Å². The van der Waals surface area contributed by atoms with Crippen molar-refractivity contribution < 1.29 is 4.39 Å². The first kappa shape index (κ1) is 11.7. The molecule has 0 bridgehead atoms. The molecule has 0 saturated carbocycles. The molecule has 1 rings (SSSR count). The van der Waals surface area contributed by atoms with Gasteiger partial charge in [0, 0.05) is 10.4 Å². The topological polar surface area (TPSA) is 0 Å². The summed E-state index contributed by atoms with van der Waals surface area (Å²) >= 11 is 3.39. The summed E-state index contributed by atoms with van der Waals surface area (Å²) in [6.07, 6.45) is 2.07. The van der Waals surface area contributed by atoms with Crippen molar-refractivity contribution in [3.63, 3.8) is 0 Å². The van der Waals surface area contributed by atoms with Crippen molar-refractivity contribution in [2.45, 2.75) is 25.7 Å². The van der Waals surface area contributed by atoms with Gasteiger partial charge >= 0.3 is 0 Å². The van der Waals surface area contributed by atoms with Crippen molar-refractivity contribution in [2.75, 3.05) is 6.67 Å². The molecule has 1 unspecified atom stereocenters. The van der Waals surface area contributed by atoms with E-state index in [0.717, 1.165) is 22.9 Å². The fourth-order valence-corrected chi connectivity index (χ4v) is 1.90. The molecule has 0 amide bonds. The molecule has 1 radical (unpaired) electrons. The van der Waals surface area contributed by atoms with Crippen molar-refractivity contribution in [1.29, 1.82) is 0 Å². The first-order chi connectivity index (χ1) is 6.69. The molecule has 0 spiro atoms. The second-order valence-electron chi connectivity index (χ2n) is 3.44. The predicted octanol–water partition coefficient (Wildman–Crippen LogP) is 4.29. The van der Waals surface area contributed by atoms with Crippen LogP contribution in [0.15, 0.2) is 22.7 Å². The van der Waals surface area contributed by atoms with Crippen LogP contribution in [-0.2, 0) is 6.42 Å². The molecule has 0 fully saturated rings. The Hall–Kier alpha value is -0.370. The van der Waals surface area contributed by atoms with E-state index in [2.05, 4.69) is 35.8 Å². The van der Waals surface area contributed by atoms with E-state index >= 15 is 0 Å². The second-order valence-corrected chi connectivity index (χ2v) is 4.36. The molecule has 1 aromatic rings. The van der Waals surface area contributed by atoms with Crippen LogP contribution >= 0.6 is 15.9 Å². The zero-order chi connectivity index (χ0) is 10.6. The standard InChI is InChI=1S/C12H15BrF/c1-3-4-10-5-6-11(13)7-12(10)9(2)8-14/h5-7,9H,2-4,8H2,1H3. The summed E-state index contributed by atoms with van der Waals surface area (Å²) in [5, 5.41) is 0. The van der Waals surface area contributed by atoms with E-state index < -0.39 is 6.67 Å². The summed E-state index contributed by atoms with van der Waals surface area (Å²) in [5.41, 5.74) is 2.25. The highest BCUT2D eigenvalue weighted by molar-refractivity contribution is 9.10. The molecule has 0 heterocycles. The van der Waals surface area contributed by atoms with Gasteiger partial charge < -0.3 is 0 Å². The minimum atomic E-state index is -0.396. The van der Waals surface area contributed by atoms with Gasteiger partial charge in [-0.05, 0) is 36.6 Å². The average molecular weight is 258 g/mol. The number of rotatable bonds is 4. The first-order valence-corrected chi connectivity index (χ1v) is 5.65. The Morgan fingerprint density at radius 3 is 2.79 bits per heavy atom. The Bertz CT molecular complexity index is 296. The maximum Gasteiger partial charge on any atom is 0.0963 e. The van der Waals surface area contributed by atoms with E-state index in [9.17, 15) is 4.39 Å². The van der Waals surface area contributed by atoms with Crippen LogP contribution in [0.1, 0.15) is 30.4 Å². The lowest BCUT2D eigenvalue weighted by Gasteiger charge is -2.13. The number of alkyl halides is 1. The van der Waals surface area contributed by atoms with Crippen LogP contribution in [0.5, 0.6) is 0 Å². The van der Waals surface area contributed by atoms with E-state index in [1.165, 1.54) is 5.56 Å². The maximum atomic E-state index is 12.5. The summed E-state index contributed by atoms with van der Waals surface area (Å²) in [4.78, 5) is 0. The number of hydrogen-bond acceptors (Lipinski definition) is 0. The molecule has 1 aromatic carbocycles. The predicted molar refractivity (Wildman–Crippen MR) is 62.2 cm³/mol. The zero-order valence-electron chi connectivity index (χ0n) is 8.39. The van der Waals surface area contributed by atoms with Crippen LogP contribution in [0.3, 0.4) is 0 Å². The highest BCUT2D eigenvalue weighted by Gasteiger charge is 2.10. The third-order valence-corrected chi connectivity index (χ3v) is 2.75. The van der Waals surface area contributed by atoms with E-state index in [-0.39, 0.29) is 5.92 Å². The van der Waals surface area contributed by atoms with Gasteiger partial charge in [-0.3, -0.25) is 4.39 Å². The molecule has 77 valence electrons. The smallest absolute Gasteiger partial charge is 0.0963 e. The van der Waals surface area contributed by atoms with Crippen LogP contribution in [0, 0.1) is 6.92 Å². The molecule has 0 aliphatic heterocycles. The fourth-order valence-electron chi connectivity index (χ4n) is 1.53. The van der Waals surface area contributed by atoms with E-state index in [0.29, 0.717) is 0 Å². The fraction of sp³-hybridized carbons (Fsp3) is 0.417. The third kappa shape index (κ3) is 2.81. The van der Waals surface area contributed by atoms with Gasteiger partial charge in [0.15, 0.2) is 0 Å². The molecule has 0 nitrogen and oxygen atoms in total. The van der Waals surface area contributed by atoms with Gasteiger partial charge in [-0.15, -0.1) is 0 Å². The van der Waals surface area contributed by atoms with Gasteiger partial charge in [0.1, 0.15) is 0 Å². The Balaban J connectivity index is 3.02. The summed E-state index contributed by atoms with van der Waals surface area (Å²) in [6, 6.07) is 6.03. The highest BCUT2D eigenvalue weighted by atomic mass is 79.9. The molecule has 0 aliphatic rings. The van der Waals surface area contributed by atoms with Crippen molar-refractivity contribution >= 4 is 15.9 Å². The average Bonchev–Trinajstić information content (AvgIpc) is 2.20.